The van der Waals surface area contributed by atoms with E-state index < -0.39 is 0 Å². The molecule has 106 valence electrons. The van der Waals surface area contributed by atoms with Crippen LogP contribution in [0.2, 0.25) is 0 Å². The Labute approximate surface area is 118 Å². The third-order valence-corrected chi connectivity index (χ3v) is 3.78. The number of hydrogen-bond donors (Lipinski definition) is 0. The van der Waals surface area contributed by atoms with Crippen LogP contribution >= 0.6 is 0 Å². The second-order valence-electron chi connectivity index (χ2n) is 4.99. The van der Waals surface area contributed by atoms with E-state index in [1.54, 1.807) is 0 Å². The monoisotopic (exact) mass is 272 g/mol. The summed E-state index contributed by atoms with van der Waals surface area (Å²) in [5.74, 6) is 0.941. The number of benzene rings is 1. The quantitative estimate of drug-likeness (QED) is 0.605. The Morgan fingerprint density at radius 1 is 1.00 bits per heavy atom. The van der Waals surface area contributed by atoms with Crippen molar-refractivity contribution in [2.24, 2.45) is 0 Å². The lowest BCUT2D eigenvalue weighted by Crippen LogP contribution is -1.99. The van der Waals surface area contributed by atoms with E-state index in [4.69, 9.17) is 8.83 Å². The average molecular weight is 272 g/mol. The molecule has 3 aromatic rings. The fourth-order valence-electron chi connectivity index (χ4n) is 2.79. The lowest BCUT2D eigenvalue weighted by Gasteiger charge is -2.04. The smallest absolute Gasteiger partial charge is 0.336 e. The van der Waals surface area contributed by atoms with E-state index in [0.717, 1.165) is 39.7 Å². The SMILES string of the molecule is C.CCc1c(C)oc2c(C)c3oc(=O)cc(C)c3cc12. The Balaban J connectivity index is 0.00000147. The second-order valence-corrected chi connectivity index (χ2v) is 4.99. The van der Waals surface area contributed by atoms with Crippen molar-refractivity contribution in [2.45, 2.75) is 41.5 Å². The molecule has 0 aliphatic heterocycles. The molecule has 3 rings (SSSR count). The van der Waals surface area contributed by atoms with E-state index in [0.29, 0.717) is 5.58 Å². The van der Waals surface area contributed by atoms with Gasteiger partial charge in [0.05, 0.1) is 0 Å². The lowest BCUT2D eigenvalue weighted by molar-refractivity contribution is 0.550. The molecule has 0 radical (unpaired) electrons. The van der Waals surface area contributed by atoms with Gasteiger partial charge < -0.3 is 8.83 Å². The number of fused-ring (bicyclic) bond motifs is 2. The van der Waals surface area contributed by atoms with Crippen LogP contribution in [0, 0.1) is 20.8 Å². The first-order valence-electron chi connectivity index (χ1n) is 6.49. The van der Waals surface area contributed by atoms with Crippen LogP contribution in [0.5, 0.6) is 0 Å². The zero-order valence-corrected chi connectivity index (χ0v) is 11.6. The van der Waals surface area contributed by atoms with Crippen molar-refractivity contribution >= 4 is 21.9 Å². The number of hydrogen-bond acceptors (Lipinski definition) is 3. The molecule has 2 heterocycles. The molecule has 0 saturated heterocycles. The summed E-state index contributed by atoms with van der Waals surface area (Å²) in [7, 11) is 0. The van der Waals surface area contributed by atoms with E-state index in [9.17, 15) is 4.79 Å². The molecule has 0 N–H and O–H groups in total. The van der Waals surface area contributed by atoms with E-state index in [1.165, 1.54) is 11.6 Å². The lowest BCUT2D eigenvalue weighted by atomic mass is 10.0. The van der Waals surface area contributed by atoms with Crippen molar-refractivity contribution in [3.05, 3.63) is 45.0 Å². The average Bonchev–Trinajstić information content (AvgIpc) is 2.67. The van der Waals surface area contributed by atoms with E-state index >= 15 is 0 Å². The van der Waals surface area contributed by atoms with Gasteiger partial charge in [-0.05, 0) is 38.8 Å². The summed E-state index contributed by atoms with van der Waals surface area (Å²) in [5.41, 5.74) is 4.22. The van der Waals surface area contributed by atoms with Gasteiger partial charge in [0.1, 0.15) is 16.9 Å². The van der Waals surface area contributed by atoms with E-state index in [-0.39, 0.29) is 13.1 Å². The van der Waals surface area contributed by atoms with Crippen LogP contribution in [0.1, 0.15) is 36.8 Å². The molecule has 2 aromatic heterocycles. The molecular formula is C17H20O3. The summed E-state index contributed by atoms with van der Waals surface area (Å²) in [5, 5.41) is 2.11. The van der Waals surface area contributed by atoms with Gasteiger partial charge in [0.2, 0.25) is 0 Å². The second kappa shape index (κ2) is 4.82. The molecule has 20 heavy (non-hydrogen) atoms. The highest BCUT2D eigenvalue weighted by molar-refractivity contribution is 5.99. The van der Waals surface area contributed by atoms with Gasteiger partial charge in [0.25, 0.3) is 0 Å². The number of furan rings is 1. The van der Waals surface area contributed by atoms with Crippen molar-refractivity contribution in [3.63, 3.8) is 0 Å². The molecule has 0 spiro atoms. The minimum absolute atomic E-state index is 0. The Hall–Kier alpha value is -2.03. The molecule has 0 aliphatic rings. The van der Waals surface area contributed by atoms with Crippen LogP contribution in [0.15, 0.2) is 25.8 Å². The van der Waals surface area contributed by atoms with Crippen LogP contribution in [0.25, 0.3) is 21.9 Å². The van der Waals surface area contributed by atoms with Gasteiger partial charge >= 0.3 is 5.63 Å². The van der Waals surface area contributed by atoms with Crippen LogP contribution in [0.3, 0.4) is 0 Å². The Kier molecular flexibility index (Phi) is 3.46. The molecule has 0 atom stereocenters. The molecule has 0 aliphatic carbocycles. The fourth-order valence-corrected chi connectivity index (χ4v) is 2.79. The first kappa shape index (κ1) is 14.4. The molecule has 0 unspecified atom stereocenters. The molecule has 0 saturated carbocycles. The molecule has 0 bridgehead atoms. The third-order valence-electron chi connectivity index (χ3n) is 3.78. The van der Waals surface area contributed by atoms with Crippen molar-refractivity contribution in [1.82, 2.24) is 0 Å². The fraction of sp³-hybridized carbons (Fsp3) is 0.353. The maximum atomic E-state index is 11.5. The van der Waals surface area contributed by atoms with Gasteiger partial charge in [-0.15, -0.1) is 0 Å². The zero-order chi connectivity index (χ0) is 13.7. The summed E-state index contributed by atoms with van der Waals surface area (Å²) in [6.45, 7) is 7.97. The summed E-state index contributed by atoms with van der Waals surface area (Å²) in [6.07, 6.45) is 0.930. The van der Waals surface area contributed by atoms with Crippen LogP contribution in [-0.4, -0.2) is 0 Å². The molecule has 3 nitrogen and oxygen atoms in total. The first-order chi connectivity index (χ1) is 9.02. The topological polar surface area (TPSA) is 43.4 Å². The highest BCUT2D eigenvalue weighted by Crippen LogP contribution is 2.34. The van der Waals surface area contributed by atoms with Crippen molar-refractivity contribution in [2.75, 3.05) is 0 Å². The molecule has 0 fully saturated rings. The Bertz CT molecular complexity index is 850. The Morgan fingerprint density at radius 2 is 1.65 bits per heavy atom. The summed E-state index contributed by atoms with van der Waals surface area (Å²) in [4.78, 5) is 11.5. The Morgan fingerprint density at radius 3 is 2.30 bits per heavy atom. The third kappa shape index (κ3) is 1.85. The largest absolute Gasteiger partial charge is 0.461 e. The summed E-state index contributed by atoms with van der Waals surface area (Å²) in [6, 6.07) is 3.61. The highest BCUT2D eigenvalue weighted by atomic mass is 16.4. The van der Waals surface area contributed by atoms with Gasteiger partial charge in [0.15, 0.2) is 0 Å². The van der Waals surface area contributed by atoms with Gasteiger partial charge in [0, 0.05) is 28.0 Å². The summed E-state index contributed by atoms with van der Waals surface area (Å²) < 4.78 is 11.2. The maximum absolute atomic E-state index is 11.5. The maximum Gasteiger partial charge on any atom is 0.336 e. The van der Waals surface area contributed by atoms with Crippen molar-refractivity contribution < 1.29 is 8.83 Å². The predicted molar refractivity (Wildman–Crippen MR) is 82.6 cm³/mol. The molecular weight excluding hydrogens is 252 g/mol. The molecule has 0 amide bonds. The van der Waals surface area contributed by atoms with Crippen LogP contribution < -0.4 is 5.63 Å². The summed E-state index contributed by atoms with van der Waals surface area (Å²) >= 11 is 0. The first-order valence-corrected chi connectivity index (χ1v) is 6.49. The molecule has 3 heteroatoms. The number of rotatable bonds is 1. The normalized spacial score (nSPS) is 11.0. The van der Waals surface area contributed by atoms with Gasteiger partial charge in [-0.3, -0.25) is 0 Å². The van der Waals surface area contributed by atoms with E-state index in [2.05, 4.69) is 13.0 Å². The van der Waals surface area contributed by atoms with Gasteiger partial charge in [-0.2, -0.15) is 0 Å². The van der Waals surface area contributed by atoms with Crippen LogP contribution in [0.4, 0.5) is 0 Å². The van der Waals surface area contributed by atoms with Crippen LogP contribution in [-0.2, 0) is 6.42 Å². The number of aryl methyl sites for hydroxylation is 4. The van der Waals surface area contributed by atoms with E-state index in [1.807, 2.05) is 20.8 Å². The minimum Gasteiger partial charge on any atom is -0.461 e. The van der Waals surface area contributed by atoms with Gasteiger partial charge in [-0.1, -0.05) is 14.4 Å². The van der Waals surface area contributed by atoms with Gasteiger partial charge in [-0.25, -0.2) is 4.79 Å². The van der Waals surface area contributed by atoms with Crippen molar-refractivity contribution in [1.29, 1.82) is 0 Å². The zero-order valence-electron chi connectivity index (χ0n) is 11.6. The highest BCUT2D eigenvalue weighted by Gasteiger charge is 2.16. The molecule has 1 aromatic carbocycles. The minimum atomic E-state index is -0.313. The predicted octanol–water partition coefficient (Wildman–Crippen LogP) is 4.66. The standard InChI is InChI=1S/C16H16O3.CH4/c1-5-11-10(4)18-16-9(3)15-12(7-13(11)16)8(2)6-14(17)19-15;/h6-7H,5H2,1-4H3;1H4. The van der Waals surface area contributed by atoms with Crippen molar-refractivity contribution in [3.8, 4) is 0 Å².